The lowest BCUT2D eigenvalue weighted by atomic mass is 10.8. The highest BCUT2D eigenvalue weighted by Gasteiger charge is 1.56. The molecule has 0 rings (SSSR count). The Hall–Kier alpha value is -0.290. The third-order valence-corrected chi connectivity index (χ3v) is 0.129. The molecule has 0 heterocycles. The summed E-state index contributed by atoms with van der Waals surface area (Å²) in [6.45, 7) is 0.472. The molecule has 2 nitrogen and oxygen atoms in total. The van der Waals surface area contributed by atoms with Crippen molar-refractivity contribution in [3.05, 3.63) is 0 Å². The SMILES string of the molecule is F.F.F.NCCO. The lowest BCUT2D eigenvalue weighted by Crippen LogP contribution is -2.02. The third-order valence-electron chi connectivity index (χ3n) is 0.129. The van der Waals surface area contributed by atoms with Crippen LogP contribution in [0.25, 0.3) is 0 Å². The van der Waals surface area contributed by atoms with E-state index in [9.17, 15) is 0 Å². The molecular weight excluding hydrogens is 111 g/mol. The lowest BCUT2D eigenvalue weighted by Gasteiger charge is -1.71. The van der Waals surface area contributed by atoms with E-state index in [2.05, 4.69) is 0 Å². The van der Waals surface area contributed by atoms with Gasteiger partial charge in [-0.3, -0.25) is 14.1 Å². The molecule has 0 aliphatic rings. The Morgan fingerprint density at radius 3 is 1.29 bits per heavy atom. The van der Waals surface area contributed by atoms with Gasteiger partial charge in [0.1, 0.15) is 0 Å². The number of hydrogen-bond acceptors (Lipinski definition) is 2. The molecule has 0 aromatic rings. The first kappa shape index (κ1) is 29.8. The van der Waals surface area contributed by atoms with Crippen LogP contribution in [0.1, 0.15) is 0 Å². The molecule has 0 saturated heterocycles. The minimum absolute atomic E-state index is 0. The van der Waals surface area contributed by atoms with E-state index in [-0.39, 0.29) is 20.7 Å². The van der Waals surface area contributed by atoms with E-state index in [1.807, 2.05) is 0 Å². The second-order valence-electron chi connectivity index (χ2n) is 0.512. The maximum atomic E-state index is 7.75. The molecule has 5 heteroatoms. The summed E-state index contributed by atoms with van der Waals surface area (Å²) in [5.74, 6) is 0. The van der Waals surface area contributed by atoms with Gasteiger partial charge in [-0.1, -0.05) is 0 Å². The van der Waals surface area contributed by atoms with Crippen molar-refractivity contribution in [3.8, 4) is 0 Å². The van der Waals surface area contributed by atoms with E-state index in [1.54, 1.807) is 0 Å². The topological polar surface area (TPSA) is 46.2 Å². The van der Waals surface area contributed by atoms with Crippen molar-refractivity contribution >= 4 is 0 Å². The van der Waals surface area contributed by atoms with Gasteiger partial charge in [0.25, 0.3) is 0 Å². The molecule has 50 valence electrons. The Balaban J connectivity index is -0.0000000150. The summed E-state index contributed by atoms with van der Waals surface area (Å²) in [5.41, 5.74) is 4.78. The number of rotatable bonds is 1. The van der Waals surface area contributed by atoms with Gasteiger partial charge in [0, 0.05) is 6.54 Å². The fourth-order valence-electron chi connectivity index (χ4n) is 0. The van der Waals surface area contributed by atoms with Crippen LogP contribution in [-0.2, 0) is 0 Å². The van der Waals surface area contributed by atoms with Crippen LogP contribution < -0.4 is 5.73 Å². The Bertz CT molecular complexity index is 14.9. The molecule has 0 unspecified atom stereocenters. The van der Waals surface area contributed by atoms with Gasteiger partial charge in [-0.15, -0.1) is 0 Å². The maximum absolute atomic E-state index is 7.75. The van der Waals surface area contributed by atoms with Crippen LogP contribution in [0.5, 0.6) is 0 Å². The Morgan fingerprint density at radius 2 is 1.29 bits per heavy atom. The van der Waals surface area contributed by atoms with Gasteiger partial charge >= 0.3 is 0 Å². The summed E-state index contributed by atoms with van der Waals surface area (Å²) in [4.78, 5) is 0. The zero-order chi connectivity index (χ0) is 3.41. The quantitative estimate of drug-likeness (QED) is 0.486. The number of halogens is 3. The molecule has 0 fully saturated rings. The Labute approximate surface area is 39.4 Å². The van der Waals surface area contributed by atoms with Crippen molar-refractivity contribution in [2.24, 2.45) is 5.73 Å². The van der Waals surface area contributed by atoms with Crippen LogP contribution in [0.4, 0.5) is 14.1 Å². The molecule has 0 aliphatic heterocycles. The largest absolute Gasteiger partial charge is 0.395 e. The zero-order valence-corrected chi connectivity index (χ0v) is 3.66. The van der Waals surface area contributed by atoms with Crippen molar-refractivity contribution in [1.82, 2.24) is 0 Å². The average Bonchev–Trinajstić information content (AvgIpc) is 1.37. The van der Waals surface area contributed by atoms with Crippen LogP contribution >= 0.6 is 0 Å². The fraction of sp³-hybridized carbons (Fsp3) is 1.00. The molecule has 0 aromatic heterocycles. The van der Waals surface area contributed by atoms with E-state index in [1.165, 1.54) is 0 Å². The summed E-state index contributed by atoms with van der Waals surface area (Å²) in [5, 5.41) is 7.75. The highest BCUT2D eigenvalue weighted by molar-refractivity contribution is 4.17. The summed E-state index contributed by atoms with van der Waals surface area (Å²) in [6.07, 6.45) is 0. The number of nitrogens with two attached hydrogens (primary N) is 1. The van der Waals surface area contributed by atoms with Crippen LogP contribution in [0.15, 0.2) is 0 Å². The van der Waals surface area contributed by atoms with E-state index < -0.39 is 0 Å². The van der Waals surface area contributed by atoms with E-state index >= 15 is 0 Å². The third kappa shape index (κ3) is 156. The van der Waals surface area contributed by atoms with E-state index in [4.69, 9.17) is 10.8 Å². The van der Waals surface area contributed by atoms with Gasteiger partial charge < -0.3 is 10.8 Å². The minimum Gasteiger partial charge on any atom is -0.395 e. The first-order valence-corrected chi connectivity index (χ1v) is 1.22. The number of hydrogen-bond donors (Lipinski definition) is 2. The molecular formula is C2H10F3NO. The summed E-state index contributed by atoms with van der Waals surface area (Å²) >= 11 is 0. The van der Waals surface area contributed by atoms with Crippen LogP contribution in [0.3, 0.4) is 0 Å². The molecule has 7 heavy (non-hydrogen) atoms. The fourth-order valence-corrected chi connectivity index (χ4v) is 0. The van der Waals surface area contributed by atoms with Gasteiger partial charge in [0.2, 0.25) is 0 Å². The zero-order valence-electron chi connectivity index (χ0n) is 3.66. The molecule has 0 aromatic carbocycles. The monoisotopic (exact) mass is 121 g/mol. The van der Waals surface area contributed by atoms with Crippen molar-refractivity contribution < 1.29 is 19.2 Å². The maximum Gasteiger partial charge on any atom is 0.0553 e. The first-order chi connectivity index (χ1) is 1.91. The van der Waals surface area contributed by atoms with Gasteiger partial charge in [-0.2, -0.15) is 0 Å². The molecule has 0 saturated carbocycles. The molecule has 0 spiro atoms. The second kappa shape index (κ2) is 43.3. The second-order valence-corrected chi connectivity index (χ2v) is 0.512. The van der Waals surface area contributed by atoms with Gasteiger partial charge in [0.05, 0.1) is 6.61 Å². The standard InChI is InChI=1S/C2H7NO.3FH/c3-1-2-4;;;/h4H,1-3H2;3*1H. The first-order valence-electron chi connectivity index (χ1n) is 1.22. The molecule has 0 atom stereocenters. The molecule has 0 aliphatic carbocycles. The number of aliphatic hydroxyl groups excluding tert-OH is 1. The van der Waals surface area contributed by atoms with Crippen molar-refractivity contribution in [3.63, 3.8) is 0 Å². The smallest absolute Gasteiger partial charge is 0.0553 e. The Morgan fingerprint density at radius 1 is 1.14 bits per heavy atom. The lowest BCUT2D eigenvalue weighted by molar-refractivity contribution is 0.306. The summed E-state index contributed by atoms with van der Waals surface area (Å²) in [7, 11) is 0. The molecule has 0 radical (unpaired) electrons. The number of aliphatic hydroxyl groups is 1. The summed E-state index contributed by atoms with van der Waals surface area (Å²) < 4.78 is 0. The van der Waals surface area contributed by atoms with E-state index in [0.717, 1.165) is 0 Å². The van der Waals surface area contributed by atoms with Crippen molar-refractivity contribution in [1.29, 1.82) is 0 Å². The van der Waals surface area contributed by atoms with Crippen molar-refractivity contribution in [2.75, 3.05) is 13.2 Å². The summed E-state index contributed by atoms with van der Waals surface area (Å²) in [6, 6.07) is 0. The van der Waals surface area contributed by atoms with Crippen LogP contribution in [-0.4, -0.2) is 18.3 Å². The van der Waals surface area contributed by atoms with Crippen LogP contribution in [0, 0.1) is 0 Å². The Kier molecular flexibility index (Phi) is 184. The van der Waals surface area contributed by atoms with Gasteiger partial charge in [0.15, 0.2) is 0 Å². The van der Waals surface area contributed by atoms with Gasteiger partial charge in [-0.25, -0.2) is 0 Å². The molecule has 0 amide bonds. The highest BCUT2D eigenvalue weighted by atomic mass is 19.0. The van der Waals surface area contributed by atoms with Crippen molar-refractivity contribution in [2.45, 2.75) is 0 Å². The average molecular weight is 121 g/mol. The van der Waals surface area contributed by atoms with Gasteiger partial charge in [-0.05, 0) is 0 Å². The molecule has 3 N–H and O–H groups in total. The normalized spacial score (nSPS) is 4.29. The predicted molar refractivity (Wildman–Crippen MR) is 23.6 cm³/mol. The minimum atomic E-state index is 0. The highest BCUT2D eigenvalue weighted by Crippen LogP contribution is 1.33. The predicted octanol–water partition coefficient (Wildman–Crippen LogP) is -0.605. The van der Waals surface area contributed by atoms with Crippen LogP contribution in [0.2, 0.25) is 0 Å². The molecule has 0 bridgehead atoms. The van der Waals surface area contributed by atoms with E-state index in [0.29, 0.717) is 6.54 Å².